The molecule has 2 aliphatic carbocycles. The minimum Gasteiger partial charge on any atom is -0.586 e. The summed E-state index contributed by atoms with van der Waals surface area (Å²) < 4.78 is 29.5. The molecule has 1 fully saturated rings. The molecule has 10 heteroatoms. The molecule has 2 aromatic rings. The minimum absolute atomic E-state index is 0.0504. The van der Waals surface area contributed by atoms with E-state index in [0.29, 0.717) is 0 Å². The van der Waals surface area contributed by atoms with Gasteiger partial charge in [-0.15, -0.1) is 9.82 Å². The Morgan fingerprint density at radius 3 is 2.39 bits per heavy atom. The highest BCUT2D eigenvalue weighted by Gasteiger charge is 2.34. The number of urea groups is 1. The predicted molar refractivity (Wildman–Crippen MR) is 113 cm³/mol. The van der Waals surface area contributed by atoms with Gasteiger partial charge in [0.25, 0.3) is 10.9 Å². The third-order valence-electron chi connectivity index (χ3n) is 6.29. The van der Waals surface area contributed by atoms with Gasteiger partial charge in [-0.25, -0.2) is 9.18 Å². The van der Waals surface area contributed by atoms with Crippen molar-refractivity contribution in [3.63, 3.8) is 0 Å². The summed E-state index contributed by atoms with van der Waals surface area (Å²) in [5.74, 6) is -0.369. The molecule has 8 nitrogen and oxygen atoms in total. The molecule has 2 N–H and O–H groups in total. The summed E-state index contributed by atoms with van der Waals surface area (Å²) in [5.41, 5.74) is 6.04. The minimum atomic E-state index is -1.93. The summed E-state index contributed by atoms with van der Waals surface area (Å²) in [7, 11) is 1.55. The number of fused-ring (bicyclic) bond motifs is 2. The quantitative estimate of drug-likeness (QED) is 0.703. The molecule has 2 heterocycles. The number of likely N-dealkylation sites (tertiary alicyclic amines) is 1. The van der Waals surface area contributed by atoms with Crippen molar-refractivity contribution in [3.8, 4) is 0 Å². The number of nitrogens with one attached hydrogen (secondary N) is 2. The van der Waals surface area contributed by atoms with E-state index in [-0.39, 0.29) is 29.7 Å². The number of alkyl halides is 1. The van der Waals surface area contributed by atoms with Crippen LogP contribution in [0.15, 0.2) is 17.2 Å². The molecule has 1 saturated heterocycles. The number of carbonyl (C=O) groups is 2. The fraction of sp³-hybridized carbons (Fsp3) is 0.476. The van der Waals surface area contributed by atoms with E-state index >= 15 is 0 Å². The van der Waals surface area contributed by atoms with Crippen LogP contribution in [-0.4, -0.2) is 50.4 Å². The maximum atomic E-state index is 13.0. The maximum absolute atomic E-state index is 13.0. The van der Waals surface area contributed by atoms with Gasteiger partial charge in [0.15, 0.2) is 0 Å². The molecule has 0 radical (unpaired) electrons. The number of amides is 3. The Kier molecular flexibility index (Phi) is 5.13. The molecular formula is C21H24FN5O3S. The molecule has 3 amide bonds. The third-order valence-corrected chi connectivity index (χ3v) is 7.24. The molecule has 5 rings (SSSR count). The Hall–Kier alpha value is -2.59. The first-order valence-electron chi connectivity index (χ1n) is 10.5. The van der Waals surface area contributed by atoms with Crippen molar-refractivity contribution in [2.45, 2.75) is 49.7 Å². The second-order valence-electron chi connectivity index (χ2n) is 8.36. The van der Waals surface area contributed by atoms with E-state index in [0.717, 1.165) is 44.2 Å². The van der Waals surface area contributed by atoms with Crippen LogP contribution in [0.4, 0.5) is 14.9 Å². The Bertz CT molecular complexity index is 1030. The Morgan fingerprint density at radius 1 is 1.13 bits per heavy atom. The summed E-state index contributed by atoms with van der Waals surface area (Å²) in [6.45, 7) is 0.101. The molecule has 1 unspecified atom stereocenters. The molecule has 0 spiro atoms. The summed E-state index contributed by atoms with van der Waals surface area (Å²) >= 11 is -1.93. The highest BCUT2D eigenvalue weighted by Crippen LogP contribution is 2.38. The predicted octanol–water partition coefficient (Wildman–Crippen LogP) is 2.04. The zero-order valence-corrected chi connectivity index (χ0v) is 18.1. The normalized spacial score (nSPS) is 18.4. The molecule has 0 saturated carbocycles. The summed E-state index contributed by atoms with van der Waals surface area (Å²) in [6.07, 6.45) is 5.06. The van der Waals surface area contributed by atoms with E-state index in [4.69, 9.17) is 0 Å². The zero-order chi connectivity index (χ0) is 21.7. The standard InChI is InChI=1S/C21H24FN5O3S/c1-26-17(20(28)27-10-14(22)11-27)9-18(24-26)31(30)25-21(29)23-19-15-6-2-4-12(15)8-13-5-3-7-16(13)19/h8-9,14H,2-7,10-11H2,1H3,(H2,23,25,29). The van der Waals surface area contributed by atoms with Crippen LogP contribution >= 0.6 is 0 Å². The molecule has 164 valence electrons. The van der Waals surface area contributed by atoms with Gasteiger partial charge in [0, 0.05) is 18.8 Å². The third kappa shape index (κ3) is 3.67. The second kappa shape index (κ2) is 7.83. The van der Waals surface area contributed by atoms with E-state index in [1.54, 1.807) is 7.05 Å². The van der Waals surface area contributed by atoms with Crippen molar-refractivity contribution < 1.29 is 18.5 Å². The smallest absolute Gasteiger partial charge is 0.361 e. The molecule has 31 heavy (non-hydrogen) atoms. The molecule has 1 aliphatic heterocycles. The Morgan fingerprint density at radius 2 is 1.77 bits per heavy atom. The van der Waals surface area contributed by atoms with Crippen LogP contribution in [-0.2, 0) is 44.1 Å². The monoisotopic (exact) mass is 445 g/mol. The van der Waals surface area contributed by atoms with Crippen LogP contribution in [0.25, 0.3) is 0 Å². The number of halogens is 1. The first kappa shape index (κ1) is 20.3. The van der Waals surface area contributed by atoms with Gasteiger partial charge >= 0.3 is 6.03 Å². The van der Waals surface area contributed by atoms with Crippen molar-refractivity contribution in [2.75, 3.05) is 18.4 Å². The highest BCUT2D eigenvalue weighted by molar-refractivity contribution is 7.90. The maximum Gasteiger partial charge on any atom is 0.361 e. The number of rotatable bonds is 4. The van der Waals surface area contributed by atoms with E-state index in [1.165, 1.54) is 37.9 Å². The number of aryl methyl sites for hydroxylation is 3. The lowest BCUT2D eigenvalue weighted by molar-refractivity contribution is 0.0390. The van der Waals surface area contributed by atoms with Crippen LogP contribution < -0.4 is 10.0 Å². The van der Waals surface area contributed by atoms with Crippen LogP contribution in [0.5, 0.6) is 0 Å². The summed E-state index contributed by atoms with van der Waals surface area (Å²) in [4.78, 5) is 26.4. The van der Waals surface area contributed by atoms with E-state index in [1.807, 2.05) is 0 Å². The number of anilines is 1. The van der Waals surface area contributed by atoms with Crippen molar-refractivity contribution in [3.05, 3.63) is 40.1 Å². The molecule has 0 bridgehead atoms. The number of hydrogen-bond donors (Lipinski definition) is 2. The average molecular weight is 446 g/mol. The zero-order valence-electron chi connectivity index (χ0n) is 17.2. The summed E-state index contributed by atoms with van der Waals surface area (Å²) in [5, 5.41) is 7.11. The topological polar surface area (TPSA) is 102 Å². The van der Waals surface area contributed by atoms with Crippen molar-refractivity contribution >= 4 is 29.0 Å². The Labute approximate surface area is 182 Å². The first-order chi connectivity index (χ1) is 14.9. The first-order valence-corrected chi connectivity index (χ1v) is 11.7. The SMILES string of the molecule is Cn1nc([S+]([O-])NC(=O)Nc2c3c(cc4c2CCC4)CCC3)cc1C(=O)N1CC(F)C1. The molecule has 1 aromatic carbocycles. The average Bonchev–Trinajstić information content (AvgIpc) is 3.43. The lowest BCUT2D eigenvalue weighted by Gasteiger charge is -2.34. The van der Waals surface area contributed by atoms with Gasteiger partial charge in [-0.2, -0.15) is 0 Å². The second-order valence-corrected chi connectivity index (χ2v) is 9.52. The van der Waals surface area contributed by atoms with Gasteiger partial charge in [-0.05, 0) is 60.8 Å². The van der Waals surface area contributed by atoms with Crippen molar-refractivity contribution in [1.29, 1.82) is 0 Å². The number of hydrogen-bond acceptors (Lipinski definition) is 4. The van der Waals surface area contributed by atoms with Crippen molar-refractivity contribution in [1.82, 2.24) is 19.4 Å². The molecule has 1 aromatic heterocycles. The van der Waals surface area contributed by atoms with Crippen LogP contribution in [0.3, 0.4) is 0 Å². The largest absolute Gasteiger partial charge is 0.586 e. The van der Waals surface area contributed by atoms with Crippen LogP contribution in [0.2, 0.25) is 0 Å². The number of benzene rings is 1. The van der Waals surface area contributed by atoms with Crippen molar-refractivity contribution in [2.24, 2.45) is 7.05 Å². The van der Waals surface area contributed by atoms with Gasteiger partial charge in [0.2, 0.25) is 0 Å². The Balaban J connectivity index is 1.29. The van der Waals surface area contributed by atoms with Gasteiger partial charge in [0.05, 0.1) is 13.1 Å². The van der Waals surface area contributed by atoms with Crippen LogP contribution in [0, 0.1) is 0 Å². The molecular weight excluding hydrogens is 421 g/mol. The van der Waals surface area contributed by atoms with Gasteiger partial charge in [-0.1, -0.05) is 6.07 Å². The highest BCUT2D eigenvalue weighted by atomic mass is 32.2. The fourth-order valence-electron chi connectivity index (χ4n) is 4.73. The lowest BCUT2D eigenvalue weighted by atomic mass is 9.99. The lowest BCUT2D eigenvalue weighted by Crippen LogP contribution is -2.51. The van der Waals surface area contributed by atoms with Crippen LogP contribution in [0.1, 0.15) is 45.6 Å². The van der Waals surface area contributed by atoms with Gasteiger partial charge in [0.1, 0.15) is 23.2 Å². The van der Waals surface area contributed by atoms with Gasteiger partial charge in [-0.3, -0.25) is 9.48 Å². The number of aromatic nitrogens is 2. The molecule has 1 atom stereocenters. The number of nitrogens with zero attached hydrogens (tertiary/aromatic N) is 3. The molecule has 3 aliphatic rings. The van der Waals surface area contributed by atoms with E-state index in [9.17, 15) is 18.5 Å². The summed E-state index contributed by atoms with van der Waals surface area (Å²) in [6, 6.07) is 3.10. The van der Waals surface area contributed by atoms with E-state index in [2.05, 4.69) is 21.2 Å². The fourth-order valence-corrected chi connectivity index (χ4v) is 5.47. The number of carbonyl (C=O) groups excluding carboxylic acids is 2. The van der Waals surface area contributed by atoms with E-state index < -0.39 is 23.6 Å². The van der Waals surface area contributed by atoms with Gasteiger partial charge < -0.3 is 14.8 Å².